The molecular formula is C19H20N4O2. The van der Waals surface area contributed by atoms with E-state index in [9.17, 15) is 4.79 Å². The number of rotatable bonds is 5. The minimum Gasteiger partial charge on any atom is -0.460 e. The van der Waals surface area contributed by atoms with E-state index < -0.39 is 0 Å². The van der Waals surface area contributed by atoms with E-state index in [1.54, 1.807) is 0 Å². The largest absolute Gasteiger partial charge is 0.460 e. The maximum absolute atomic E-state index is 12.5. The quantitative estimate of drug-likeness (QED) is 0.670. The maximum Gasteiger partial charge on any atom is 0.323 e. The topological polar surface area (TPSA) is 60.2 Å². The van der Waals surface area contributed by atoms with Crippen molar-refractivity contribution in [3.8, 4) is 0 Å². The number of carbonyl (C=O) groups is 1. The number of nitrogens with zero attached hydrogens (tertiary/aromatic N) is 4. The zero-order chi connectivity index (χ0) is 17.1. The summed E-state index contributed by atoms with van der Waals surface area (Å²) in [5.41, 5.74) is 2.85. The summed E-state index contributed by atoms with van der Waals surface area (Å²) in [5.74, 6) is -0.161. The Balaban J connectivity index is 1.42. The fourth-order valence-corrected chi connectivity index (χ4v) is 3.28. The third-order valence-electron chi connectivity index (χ3n) is 4.60. The van der Waals surface area contributed by atoms with E-state index in [4.69, 9.17) is 4.74 Å². The summed E-state index contributed by atoms with van der Waals surface area (Å²) >= 11 is 0. The predicted molar refractivity (Wildman–Crippen MR) is 93.5 cm³/mol. The number of hydrogen-bond acceptors (Lipinski definition) is 5. The normalized spacial score (nSPS) is 17.8. The van der Waals surface area contributed by atoms with Gasteiger partial charge in [0.25, 0.3) is 0 Å². The Hall–Kier alpha value is -2.73. The molecule has 0 N–H and O–H groups in total. The number of fused-ring (bicyclic) bond motifs is 1. The molecule has 1 aliphatic rings. The monoisotopic (exact) mass is 336 g/mol. The minimum atomic E-state index is -0.216. The van der Waals surface area contributed by atoms with Gasteiger partial charge in [-0.25, -0.2) is 4.68 Å². The van der Waals surface area contributed by atoms with E-state index in [-0.39, 0.29) is 12.0 Å². The molecule has 0 aliphatic carbocycles. The molecule has 1 saturated heterocycles. The van der Waals surface area contributed by atoms with Crippen LogP contribution in [0.5, 0.6) is 0 Å². The SMILES string of the molecule is O=C(OCc1ccccc1)C1CCCN1Cn1nnc2ccccc21. The fraction of sp³-hybridized carbons (Fsp3) is 0.316. The van der Waals surface area contributed by atoms with Crippen molar-refractivity contribution in [1.82, 2.24) is 19.9 Å². The first-order valence-electron chi connectivity index (χ1n) is 8.54. The smallest absolute Gasteiger partial charge is 0.323 e. The Morgan fingerprint density at radius 1 is 1.12 bits per heavy atom. The van der Waals surface area contributed by atoms with Crippen LogP contribution in [0, 0.1) is 0 Å². The van der Waals surface area contributed by atoms with Crippen LogP contribution in [0.15, 0.2) is 54.6 Å². The number of esters is 1. The Morgan fingerprint density at radius 3 is 2.80 bits per heavy atom. The lowest BCUT2D eigenvalue weighted by atomic mass is 10.2. The van der Waals surface area contributed by atoms with Gasteiger partial charge in [0.05, 0.1) is 12.2 Å². The predicted octanol–water partition coefficient (Wildman–Crippen LogP) is 2.60. The molecule has 1 aliphatic heterocycles. The summed E-state index contributed by atoms with van der Waals surface area (Å²) in [6.07, 6.45) is 1.80. The molecule has 2 heterocycles. The van der Waals surface area contributed by atoms with Crippen molar-refractivity contribution in [2.45, 2.75) is 32.2 Å². The van der Waals surface area contributed by atoms with Gasteiger partial charge < -0.3 is 4.74 Å². The first kappa shape index (κ1) is 15.8. The highest BCUT2D eigenvalue weighted by atomic mass is 16.5. The van der Waals surface area contributed by atoms with Crippen molar-refractivity contribution >= 4 is 17.0 Å². The van der Waals surface area contributed by atoms with E-state index in [0.717, 1.165) is 36.0 Å². The van der Waals surface area contributed by atoms with Crippen LogP contribution < -0.4 is 0 Å². The van der Waals surface area contributed by atoms with Crippen LogP contribution in [0.1, 0.15) is 18.4 Å². The summed E-state index contributed by atoms with van der Waals surface area (Å²) in [6.45, 7) is 1.72. The number of hydrogen-bond donors (Lipinski definition) is 0. The van der Waals surface area contributed by atoms with E-state index in [1.165, 1.54) is 0 Å². The van der Waals surface area contributed by atoms with E-state index in [0.29, 0.717) is 13.3 Å². The Kier molecular flexibility index (Phi) is 4.43. The van der Waals surface area contributed by atoms with Crippen molar-refractivity contribution in [3.05, 3.63) is 60.2 Å². The Morgan fingerprint density at radius 2 is 1.92 bits per heavy atom. The molecule has 0 bridgehead atoms. The molecule has 0 saturated carbocycles. The van der Waals surface area contributed by atoms with Crippen LogP contribution in [-0.4, -0.2) is 38.4 Å². The van der Waals surface area contributed by atoms with Crippen LogP contribution in [0.2, 0.25) is 0 Å². The molecule has 6 nitrogen and oxygen atoms in total. The molecule has 6 heteroatoms. The number of para-hydroxylation sites is 1. The first-order valence-corrected chi connectivity index (χ1v) is 8.54. The van der Waals surface area contributed by atoms with Crippen LogP contribution in [-0.2, 0) is 22.8 Å². The molecule has 1 unspecified atom stereocenters. The van der Waals surface area contributed by atoms with Gasteiger partial charge in [0.2, 0.25) is 0 Å². The van der Waals surface area contributed by atoms with Crippen LogP contribution in [0.4, 0.5) is 0 Å². The molecule has 0 spiro atoms. The summed E-state index contributed by atoms with van der Waals surface area (Å²) in [4.78, 5) is 14.6. The van der Waals surface area contributed by atoms with Crippen LogP contribution in [0.25, 0.3) is 11.0 Å². The van der Waals surface area contributed by atoms with Crippen molar-refractivity contribution in [1.29, 1.82) is 0 Å². The molecule has 25 heavy (non-hydrogen) atoms. The molecule has 2 aromatic carbocycles. The van der Waals surface area contributed by atoms with E-state index >= 15 is 0 Å². The second-order valence-corrected chi connectivity index (χ2v) is 6.28. The second kappa shape index (κ2) is 7.03. The van der Waals surface area contributed by atoms with Gasteiger partial charge in [-0.15, -0.1) is 5.10 Å². The number of ether oxygens (including phenoxy) is 1. The number of carbonyl (C=O) groups excluding carboxylic acids is 1. The van der Waals surface area contributed by atoms with Gasteiger partial charge in [0.15, 0.2) is 0 Å². The van der Waals surface area contributed by atoms with Gasteiger partial charge in [-0.3, -0.25) is 9.69 Å². The van der Waals surface area contributed by atoms with E-state index in [1.807, 2.05) is 59.3 Å². The van der Waals surface area contributed by atoms with Crippen molar-refractivity contribution in [3.63, 3.8) is 0 Å². The molecule has 0 radical (unpaired) electrons. The van der Waals surface area contributed by atoms with Gasteiger partial charge in [-0.1, -0.05) is 47.7 Å². The van der Waals surface area contributed by atoms with E-state index in [2.05, 4.69) is 15.2 Å². The Labute approximate surface area is 146 Å². The summed E-state index contributed by atoms with van der Waals surface area (Å²) in [7, 11) is 0. The lowest BCUT2D eigenvalue weighted by molar-refractivity contribution is -0.150. The van der Waals surface area contributed by atoms with Gasteiger partial charge in [0, 0.05) is 6.54 Å². The third-order valence-corrected chi connectivity index (χ3v) is 4.60. The average molecular weight is 336 g/mol. The number of benzene rings is 2. The molecule has 3 aromatic rings. The molecule has 1 aromatic heterocycles. The average Bonchev–Trinajstić information content (AvgIpc) is 3.28. The molecule has 1 atom stereocenters. The van der Waals surface area contributed by atoms with Crippen LogP contribution in [0.3, 0.4) is 0 Å². The summed E-state index contributed by atoms with van der Waals surface area (Å²) < 4.78 is 7.37. The van der Waals surface area contributed by atoms with Gasteiger partial charge >= 0.3 is 5.97 Å². The minimum absolute atomic E-state index is 0.161. The lowest BCUT2D eigenvalue weighted by Crippen LogP contribution is -2.38. The Bertz CT molecular complexity index is 862. The van der Waals surface area contributed by atoms with Crippen molar-refractivity contribution in [2.24, 2.45) is 0 Å². The number of likely N-dealkylation sites (tertiary alicyclic amines) is 1. The van der Waals surface area contributed by atoms with Crippen molar-refractivity contribution < 1.29 is 9.53 Å². The zero-order valence-corrected chi connectivity index (χ0v) is 13.9. The van der Waals surface area contributed by atoms with Gasteiger partial charge in [-0.2, -0.15) is 0 Å². The standard InChI is InChI=1S/C19H20N4O2/c24-19(25-13-15-7-2-1-3-8-15)18-11-6-12-22(18)14-23-17-10-5-4-9-16(17)20-21-23/h1-5,7-10,18H,6,11-14H2. The van der Waals surface area contributed by atoms with Gasteiger partial charge in [0.1, 0.15) is 18.2 Å². The summed E-state index contributed by atoms with van der Waals surface area (Å²) in [5, 5.41) is 8.40. The first-order chi connectivity index (χ1) is 12.3. The molecular weight excluding hydrogens is 316 g/mol. The molecule has 4 rings (SSSR count). The lowest BCUT2D eigenvalue weighted by Gasteiger charge is -2.22. The highest BCUT2D eigenvalue weighted by molar-refractivity contribution is 5.76. The summed E-state index contributed by atoms with van der Waals surface area (Å²) in [6, 6.07) is 17.4. The fourth-order valence-electron chi connectivity index (χ4n) is 3.28. The zero-order valence-electron chi connectivity index (χ0n) is 13.9. The van der Waals surface area contributed by atoms with Crippen LogP contribution >= 0.6 is 0 Å². The number of aromatic nitrogens is 3. The molecule has 1 fully saturated rings. The highest BCUT2D eigenvalue weighted by Crippen LogP contribution is 2.21. The molecule has 128 valence electrons. The third kappa shape index (κ3) is 3.39. The molecule has 0 amide bonds. The highest BCUT2D eigenvalue weighted by Gasteiger charge is 2.32. The maximum atomic E-state index is 12.5. The second-order valence-electron chi connectivity index (χ2n) is 6.28. The van der Waals surface area contributed by atoms with Gasteiger partial charge in [-0.05, 0) is 30.5 Å². The van der Waals surface area contributed by atoms with Crippen molar-refractivity contribution in [2.75, 3.05) is 6.54 Å².